The summed E-state index contributed by atoms with van der Waals surface area (Å²) in [5.41, 5.74) is 6.88. The van der Waals surface area contributed by atoms with Gasteiger partial charge in [-0.1, -0.05) is 29.8 Å². The summed E-state index contributed by atoms with van der Waals surface area (Å²) in [6.45, 7) is 1.72. The van der Waals surface area contributed by atoms with Gasteiger partial charge in [0.05, 0.1) is 7.11 Å². The molecule has 1 amide bonds. The van der Waals surface area contributed by atoms with Gasteiger partial charge in [0.25, 0.3) is 0 Å². The molecule has 1 fully saturated rings. The Bertz CT molecular complexity index is 737. The average Bonchev–Trinajstić information content (AvgIpc) is 3.21. The number of aryl methyl sites for hydroxylation is 1. The van der Waals surface area contributed by atoms with Gasteiger partial charge in [-0.15, -0.1) is 12.4 Å². The molecule has 0 aliphatic heterocycles. The van der Waals surface area contributed by atoms with E-state index in [-0.39, 0.29) is 30.3 Å². The van der Waals surface area contributed by atoms with Crippen LogP contribution in [0.5, 0.6) is 5.75 Å². The van der Waals surface area contributed by atoms with Crippen LogP contribution in [-0.2, 0) is 4.79 Å². The van der Waals surface area contributed by atoms with Crippen molar-refractivity contribution in [1.82, 2.24) is 15.5 Å². The normalized spacial score (nSPS) is 20.3. The van der Waals surface area contributed by atoms with Crippen molar-refractivity contribution in [3.05, 3.63) is 41.5 Å². The molecule has 0 bridgehead atoms. The molecule has 0 radical (unpaired) electrons. The Morgan fingerprint density at radius 3 is 2.81 bits per heavy atom. The first kappa shape index (κ1) is 20.2. The second-order valence-corrected chi connectivity index (χ2v) is 6.47. The third-order valence-corrected chi connectivity index (χ3v) is 4.72. The summed E-state index contributed by atoms with van der Waals surface area (Å²) < 4.78 is 10.5. The largest absolute Gasteiger partial charge is 0.496 e. The van der Waals surface area contributed by atoms with Crippen molar-refractivity contribution in [1.29, 1.82) is 0 Å². The van der Waals surface area contributed by atoms with Gasteiger partial charge in [-0.25, -0.2) is 0 Å². The quantitative estimate of drug-likeness (QED) is 0.798. The predicted molar refractivity (Wildman–Crippen MR) is 99.2 cm³/mol. The lowest BCUT2D eigenvalue weighted by Gasteiger charge is -2.20. The number of rotatable bonds is 6. The maximum Gasteiger partial charge on any atom is 0.223 e. The number of benzene rings is 1. The van der Waals surface area contributed by atoms with Crippen LogP contribution in [0.3, 0.4) is 0 Å². The fraction of sp³-hybridized carbons (Fsp3) is 0.500. The first-order chi connectivity index (χ1) is 12.1. The van der Waals surface area contributed by atoms with Crippen LogP contribution in [0.2, 0.25) is 0 Å². The third-order valence-electron chi connectivity index (χ3n) is 4.72. The molecule has 0 saturated heterocycles. The van der Waals surface area contributed by atoms with Crippen LogP contribution in [0.25, 0.3) is 0 Å². The molecule has 142 valence electrons. The van der Waals surface area contributed by atoms with Crippen molar-refractivity contribution < 1.29 is 14.1 Å². The molecule has 1 saturated carbocycles. The molecule has 0 spiro atoms. The summed E-state index contributed by atoms with van der Waals surface area (Å²) in [5, 5.41) is 7.01. The topological polar surface area (TPSA) is 103 Å². The highest BCUT2D eigenvalue weighted by atomic mass is 35.5. The molecule has 26 heavy (non-hydrogen) atoms. The lowest BCUT2D eigenvalue weighted by Crippen LogP contribution is -2.34. The Hall–Kier alpha value is -2.12. The zero-order valence-corrected chi connectivity index (χ0v) is 15.8. The molecule has 2 aromatic rings. The number of halogens is 1. The van der Waals surface area contributed by atoms with Crippen molar-refractivity contribution in [3.8, 4) is 5.75 Å². The molecule has 3 atom stereocenters. The highest BCUT2D eigenvalue weighted by Gasteiger charge is 2.29. The summed E-state index contributed by atoms with van der Waals surface area (Å²) in [4.78, 5) is 16.9. The Balaban J connectivity index is 0.00000243. The highest BCUT2D eigenvalue weighted by Crippen LogP contribution is 2.30. The average molecular weight is 381 g/mol. The number of nitrogens with two attached hydrogens (primary N) is 1. The minimum Gasteiger partial charge on any atom is -0.496 e. The minimum absolute atomic E-state index is 0. The van der Waals surface area contributed by atoms with E-state index in [4.69, 9.17) is 15.0 Å². The van der Waals surface area contributed by atoms with E-state index < -0.39 is 6.04 Å². The Morgan fingerprint density at radius 2 is 2.19 bits per heavy atom. The Morgan fingerprint density at radius 1 is 1.42 bits per heavy atom. The highest BCUT2D eigenvalue weighted by molar-refractivity contribution is 5.85. The number of nitrogens with one attached hydrogen (secondary N) is 1. The fourth-order valence-corrected chi connectivity index (χ4v) is 3.40. The number of hydrogen-bond acceptors (Lipinski definition) is 6. The van der Waals surface area contributed by atoms with Crippen molar-refractivity contribution in [2.75, 3.05) is 7.11 Å². The van der Waals surface area contributed by atoms with E-state index in [1.165, 1.54) is 0 Å². The molecular weight excluding hydrogens is 356 g/mol. The number of ether oxygens (including phenoxy) is 1. The van der Waals surface area contributed by atoms with E-state index in [0.717, 1.165) is 24.8 Å². The predicted octanol–water partition coefficient (Wildman–Crippen LogP) is 2.53. The maximum atomic E-state index is 12.6. The van der Waals surface area contributed by atoms with E-state index in [2.05, 4.69) is 15.5 Å². The van der Waals surface area contributed by atoms with E-state index in [1.54, 1.807) is 14.0 Å². The summed E-state index contributed by atoms with van der Waals surface area (Å²) in [6.07, 6.45) is 3.47. The van der Waals surface area contributed by atoms with Crippen molar-refractivity contribution in [3.63, 3.8) is 0 Å². The second kappa shape index (κ2) is 9.00. The molecule has 1 aliphatic rings. The molecule has 7 nitrogen and oxygen atoms in total. The molecule has 3 rings (SSSR count). The molecule has 1 unspecified atom stereocenters. The summed E-state index contributed by atoms with van der Waals surface area (Å²) in [6, 6.07) is 7.06. The van der Waals surface area contributed by atoms with Crippen LogP contribution < -0.4 is 15.8 Å². The number of nitrogens with zero attached hydrogens (tertiary/aromatic N) is 2. The second-order valence-electron chi connectivity index (χ2n) is 6.47. The van der Waals surface area contributed by atoms with Gasteiger partial charge in [0, 0.05) is 24.9 Å². The third kappa shape index (κ3) is 4.53. The van der Waals surface area contributed by atoms with Crippen LogP contribution in [0.4, 0.5) is 0 Å². The molecule has 8 heteroatoms. The van der Waals surface area contributed by atoms with Gasteiger partial charge < -0.3 is 20.3 Å². The van der Waals surface area contributed by atoms with Gasteiger partial charge >= 0.3 is 0 Å². The molecule has 1 aliphatic carbocycles. The first-order valence-corrected chi connectivity index (χ1v) is 8.56. The van der Waals surface area contributed by atoms with Gasteiger partial charge in [-0.2, -0.15) is 4.98 Å². The van der Waals surface area contributed by atoms with Crippen LogP contribution in [0.15, 0.2) is 28.8 Å². The maximum absolute atomic E-state index is 12.6. The van der Waals surface area contributed by atoms with E-state index in [0.29, 0.717) is 23.9 Å². The van der Waals surface area contributed by atoms with Crippen LogP contribution >= 0.6 is 12.4 Å². The fourth-order valence-electron chi connectivity index (χ4n) is 3.40. The lowest BCUT2D eigenvalue weighted by molar-refractivity contribution is -0.122. The molecule has 1 aromatic heterocycles. The molecular formula is C18H25ClN4O3. The van der Waals surface area contributed by atoms with Gasteiger partial charge in [0.2, 0.25) is 11.8 Å². The SMILES string of the molecule is COc1ccccc1C(NC(=O)C[C@@H]1CCC[C@H]1N)c1noc(C)n1.Cl. The van der Waals surface area contributed by atoms with E-state index in [9.17, 15) is 4.79 Å². The Labute approximate surface area is 159 Å². The number of methoxy groups -OCH3 is 1. The van der Waals surface area contributed by atoms with Crippen molar-refractivity contribution in [2.24, 2.45) is 11.7 Å². The molecule has 1 aromatic carbocycles. The van der Waals surface area contributed by atoms with Crippen molar-refractivity contribution >= 4 is 18.3 Å². The monoisotopic (exact) mass is 380 g/mol. The van der Waals surface area contributed by atoms with Crippen LogP contribution in [0.1, 0.15) is 49.0 Å². The Kier molecular flexibility index (Phi) is 6.99. The van der Waals surface area contributed by atoms with Gasteiger partial charge in [-0.05, 0) is 24.8 Å². The number of carbonyl (C=O) groups is 1. The lowest BCUT2D eigenvalue weighted by atomic mass is 9.98. The van der Waals surface area contributed by atoms with Crippen molar-refractivity contribution in [2.45, 2.75) is 44.7 Å². The first-order valence-electron chi connectivity index (χ1n) is 8.56. The number of carbonyl (C=O) groups excluding carboxylic acids is 1. The van der Waals surface area contributed by atoms with Crippen LogP contribution in [-0.4, -0.2) is 29.2 Å². The van der Waals surface area contributed by atoms with E-state index in [1.807, 2.05) is 24.3 Å². The van der Waals surface area contributed by atoms with Gasteiger partial charge in [-0.3, -0.25) is 4.79 Å². The smallest absolute Gasteiger partial charge is 0.223 e. The molecule has 1 heterocycles. The van der Waals surface area contributed by atoms with Gasteiger partial charge in [0.1, 0.15) is 11.8 Å². The minimum atomic E-state index is -0.529. The van der Waals surface area contributed by atoms with Gasteiger partial charge in [0.15, 0.2) is 5.82 Å². The molecule has 3 N–H and O–H groups in total. The standard InChI is InChI=1S/C18H24N4O3.ClH/c1-11-20-18(22-25-11)17(13-7-3-4-9-15(13)24-2)21-16(23)10-12-6-5-8-14(12)19;/h3-4,7,9,12,14,17H,5-6,8,10,19H2,1-2H3,(H,21,23);1H/t12-,14+,17?;/m0./s1. The number of para-hydroxylation sites is 1. The number of amides is 1. The number of aromatic nitrogens is 2. The summed E-state index contributed by atoms with van der Waals surface area (Å²) >= 11 is 0. The van der Waals surface area contributed by atoms with Crippen LogP contribution in [0, 0.1) is 12.8 Å². The zero-order chi connectivity index (χ0) is 17.8. The summed E-state index contributed by atoms with van der Waals surface area (Å²) in [5.74, 6) is 1.67. The van der Waals surface area contributed by atoms with E-state index >= 15 is 0 Å². The summed E-state index contributed by atoms with van der Waals surface area (Å²) in [7, 11) is 1.59. The zero-order valence-electron chi connectivity index (χ0n) is 15.0. The number of hydrogen-bond donors (Lipinski definition) is 2.